The average molecular weight is 436 g/mol. The minimum Gasteiger partial charge on any atom is -0.489 e. The van der Waals surface area contributed by atoms with Crippen LogP contribution in [0.5, 0.6) is 5.75 Å². The van der Waals surface area contributed by atoms with Crippen LogP contribution in [0.15, 0.2) is 84.0 Å². The van der Waals surface area contributed by atoms with E-state index in [1.54, 1.807) is 30.5 Å². The molecule has 3 rings (SSSR count). The molecule has 0 radical (unpaired) electrons. The molecule has 3 aromatic rings. The fourth-order valence-electron chi connectivity index (χ4n) is 2.58. The number of carbonyl (C=O) groups excluding carboxylic acids is 1. The number of nitrogens with zero attached hydrogens (tertiary/aromatic N) is 2. The zero-order chi connectivity index (χ0) is 21.9. The molecule has 0 aliphatic carbocycles. The number of nitro groups is 1. The van der Waals surface area contributed by atoms with Gasteiger partial charge in [0, 0.05) is 17.9 Å². The molecule has 3 aromatic carbocycles. The molecule has 0 unspecified atom stereocenters. The van der Waals surface area contributed by atoms with E-state index in [1.165, 1.54) is 29.5 Å². The highest BCUT2D eigenvalue weighted by molar-refractivity contribution is 7.99. The zero-order valence-electron chi connectivity index (χ0n) is 16.6. The van der Waals surface area contributed by atoms with Gasteiger partial charge < -0.3 is 4.74 Å². The van der Waals surface area contributed by atoms with Crippen molar-refractivity contribution in [2.75, 3.05) is 5.75 Å². The largest absolute Gasteiger partial charge is 0.489 e. The number of hydrogen-bond acceptors (Lipinski definition) is 6. The SMILES string of the molecule is O=C(CSCc1ccccc1)N/N=C\c1ccc(OCc2ccc([N+](=O)[O-])cc2)cc1. The van der Waals surface area contributed by atoms with Gasteiger partial charge in [0.1, 0.15) is 12.4 Å². The van der Waals surface area contributed by atoms with Crippen molar-refractivity contribution in [2.24, 2.45) is 5.10 Å². The number of ether oxygens (including phenoxy) is 1. The predicted molar refractivity (Wildman–Crippen MR) is 122 cm³/mol. The Bertz CT molecular complexity index is 1020. The highest BCUT2D eigenvalue weighted by Gasteiger charge is 2.04. The first-order valence-electron chi connectivity index (χ1n) is 9.50. The molecular formula is C23H21N3O4S. The Labute approximate surface area is 184 Å². The molecule has 0 aromatic heterocycles. The van der Waals surface area contributed by atoms with Crippen LogP contribution >= 0.6 is 11.8 Å². The molecule has 158 valence electrons. The Morgan fingerprint density at radius 2 is 1.71 bits per heavy atom. The molecule has 0 saturated heterocycles. The van der Waals surface area contributed by atoms with Crippen molar-refractivity contribution in [3.05, 3.63) is 106 Å². The Morgan fingerprint density at radius 1 is 1.00 bits per heavy atom. The Hall–Kier alpha value is -3.65. The molecular weight excluding hydrogens is 414 g/mol. The quantitative estimate of drug-likeness (QED) is 0.286. The number of hydrogen-bond donors (Lipinski definition) is 1. The van der Waals surface area contributed by atoms with Crippen LogP contribution in [-0.4, -0.2) is 22.8 Å². The molecule has 0 spiro atoms. The van der Waals surface area contributed by atoms with Crippen LogP contribution in [0.2, 0.25) is 0 Å². The van der Waals surface area contributed by atoms with E-state index in [2.05, 4.69) is 10.5 Å². The van der Waals surface area contributed by atoms with Gasteiger partial charge in [-0.3, -0.25) is 14.9 Å². The summed E-state index contributed by atoms with van der Waals surface area (Å²) < 4.78 is 5.68. The molecule has 0 heterocycles. The van der Waals surface area contributed by atoms with Crippen LogP contribution < -0.4 is 10.2 Å². The van der Waals surface area contributed by atoms with E-state index in [-0.39, 0.29) is 11.6 Å². The van der Waals surface area contributed by atoms with Crippen molar-refractivity contribution in [1.29, 1.82) is 0 Å². The van der Waals surface area contributed by atoms with Crippen molar-refractivity contribution in [1.82, 2.24) is 5.43 Å². The molecule has 0 saturated carbocycles. The predicted octanol–water partition coefficient (Wildman–Crippen LogP) is 4.56. The summed E-state index contributed by atoms with van der Waals surface area (Å²) >= 11 is 1.53. The molecule has 0 aliphatic heterocycles. The Kier molecular flexibility index (Phi) is 8.19. The van der Waals surface area contributed by atoms with Gasteiger partial charge in [0.25, 0.3) is 5.69 Å². The maximum Gasteiger partial charge on any atom is 0.269 e. The van der Waals surface area contributed by atoms with Crippen LogP contribution in [0.1, 0.15) is 16.7 Å². The molecule has 31 heavy (non-hydrogen) atoms. The lowest BCUT2D eigenvalue weighted by Crippen LogP contribution is -2.19. The van der Waals surface area contributed by atoms with E-state index in [4.69, 9.17) is 4.74 Å². The van der Waals surface area contributed by atoms with Crippen LogP contribution in [-0.2, 0) is 17.2 Å². The molecule has 0 atom stereocenters. The smallest absolute Gasteiger partial charge is 0.269 e. The minimum atomic E-state index is -0.434. The summed E-state index contributed by atoms with van der Waals surface area (Å²) in [4.78, 5) is 22.1. The number of amides is 1. The lowest BCUT2D eigenvalue weighted by Gasteiger charge is -2.06. The summed E-state index contributed by atoms with van der Waals surface area (Å²) in [6.07, 6.45) is 1.57. The summed E-state index contributed by atoms with van der Waals surface area (Å²) in [5, 5.41) is 14.7. The van der Waals surface area contributed by atoms with E-state index in [0.717, 1.165) is 16.9 Å². The van der Waals surface area contributed by atoms with Gasteiger partial charge in [-0.1, -0.05) is 30.3 Å². The van der Waals surface area contributed by atoms with Gasteiger partial charge in [-0.2, -0.15) is 5.10 Å². The Balaban J connectivity index is 1.38. The molecule has 7 nitrogen and oxygen atoms in total. The first-order chi connectivity index (χ1) is 15.1. The normalized spacial score (nSPS) is 10.7. The highest BCUT2D eigenvalue weighted by atomic mass is 32.2. The third-order valence-corrected chi connectivity index (χ3v) is 5.18. The van der Waals surface area contributed by atoms with E-state index in [9.17, 15) is 14.9 Å². The average Bonchev–Trinajstić information content (AvgIpc) is 2.79. The first kappa shape index (κ1) is 22.0. The standard InChI is InChI=1S/C23H21N3O4S/c27-23(17-31-16-20-4-2-1-3-5-20)25-24-14-18-8-12-22(13-9-18)30-15-19-6-10-21(11-7-19)26(28)29/h1-14H,15-17H2,(H,25,27)/b24-14-. The van der Waals surface area contributed by atoms with Crippen molar-refractivity contribution in [3.63, 3.8) is 0 Å². The van der Waals surface area contributed by atoms with E-state index in [1.807, 2.05) is 42.5 Å². The van der Waals surface area contributed by atoms with Crippen molar-refractivity contribution < 1.29 is 14.5 Å². The van der Waals surface area contributed by atoms with Gasteiger partial charge in [-0.25, -0.2) is 5.43 Å². The lowest BCUT2D eigenvalue weighted by atomic mass is 10.2. The van der Waals surface area contributed by atoms with Crippen molar-refractivity contribution in [3.8, 4) is 5.75 Å². The number of carbonyl (C=O) groups is 1. The van der Waals surface area contributed by atoms with E-state index < -0.39 is 4.92 Å². The number of hydrazone groups is 1. The summed E-state index contributed by atoms with van der Waals surface area (Å²) in [6.45, 7) is 0.308. The van der Waals surface area contributed by atoms with Gasteiger partial charge in [0.2, 0.25) is 5.91 Å². The van der Waals surface area contributed by atoms with Gasteiger partial charge in [-0.05, 0) is 53.1 Å². The molecule has 1 N–H and O–H groups in total. The molecule has 8 heteroatoms. The molecule has 0 aliphatic rings. The number of rotatable bonds is 10. The number of nitrogens with one attached hydrogen (secondary N) is 1. The zero-order valence-corrected chi connectivity index (χ0v) is 17.5. The third-order valence-electron chi connectivity index (χ3n) is 4.18. The first-order valence-corrected chi connectivity index (χ1v) is 10.7. The maximum atomic E-state index is 11.9. The topological polar surface area (TPSA) is 93.8 Å². The highest BCUT2D eigenvalue weighted by Crippen LogP contribution is 2.16. The summed E-state index contributed by atoms with van der Waals surface area (Å²) in [7, 11) is 0. The fraction of sp³-hybridized carbons (Fsp3) is 0.130. The second kappa shape index (κ2) is 11.5. The maximum absolute atomic E-state index is 11.9. The number of thioether (sulfide) groups is 1. The third kappa shape index (κ3) is 7.60. The number of nitro benzene ring substituents is 1. The molecule has 1 amide bonds. The second-order valence-corrected chi connectivity index (χ2v) is 7.54. The van der Waals surface area contributed by atoms with Gasteiger partial charge in [0.15, 0.2) is 0 Å². The Morgan fingerprint density at radius 3 is 2.39 bits per heavy atom. The molecule has 0 bridgehead atoms. The number of non-ortho nitro benzene ring substituents is 1. The van der Waals surface area contributed by atoms with Crippen molar-refractivity contribution in [2.45, 2.75) is 12.4 Å². The van der Waals surface area contributed by atoms with E-state index >= 15 is 0 Å². The fourth-order valence-corrected chi connectivity index (χ4v) is 3.36. The summed E-state index contributed by atoms with van der Waals surface area (Å²) in [6, 6.07) is 23.5. The van der Waals surface area contributed by atoms with E-state index in [0.29, 0.717) is 18.1 Å². The van der Waals surface area contributed by atoms with Gasteiger partial charge in [0.05, 0.1) is 16.9 Å². The van der Waals surface area contributed by atoms with Crippen molar-refractivity contribution >= 4 is 29.6 Å². The summed E-state index contributed by atoms with van der Waals surface area (Å²) in [5.41, 5.74) is 5.41. The monoisotopic (exact) mass is 435 g/mol. The second-order valence-electron chi connectivity index (χ2n) is 6.55. The van der Waals surface area contributed by atoms with Crippen LogP contribution in [0.3, 0.4) is 0 Å². The van der Waals surface area contributed by atoms with Crippen LogP contribution in [0.4, 0.5) is 5.69 Å². The number of benzene rings is 3. The lowest BCUT2D eigenvalue weighted by molar-refractivity contribution is -0.384. The summed E-state index contributed by atoms with van der Waals surface area (Å²) in [5.74, 6) is 1.62. The van der Waals surface area contributed by atoms with Gasteiger partial charge >= 0.3 is 0 Å². The van der Waals surface area contributed by atoms with Crippen LogP contribution in [0, 0.1) is 10.1 Å². The van der Waals surface area contributed by atoms with Crippen LogP contribution in [0.25, 0.3) is 0 Å². The minimum absolute atomic E-state index is 0.0502. The van der Waals surface area contributed by atoms with Gasteiger partial charge in [-0.15, -0.1) is 11.8 Å². The molecule has 0 fully saturated rings.